The summed E-state index contributed by atoms with van der Waals surface area (Å²) >= 11 is 0. The van der Waals surface area contributed by atoms with Gasteiger partial charge in [-0.2, -0.15) is 26.3 Å². The van der Waals surface area contributed by atoms with Crippen molar-refractivity contribution in [2.45, 2.75) is 64.0 Å². The van der Waals surface area contributed by atoms with Crippen LogP contribution in [0.2, 0.25) is 0 Å². The van der Waals surface area contributed by atoms with Gasteiger partial charge in [0.2, 0.25) is 11.8 Å². The van der Waals surface area contributed by atoms with E-state index in [0.29, 0.717) is 25.9 Å². The van der Waals surface area contributed by atoms with Crippen molar-refractivity contribution < 1.29 is 35.9 Å². The molecular formula is C24H26F6N4O3. The largest absolute Gasteiger partial charge is 0.416 e. The normalized spacial score (nSPS) is 15.1. The first kappa shape index (κ1) is 28.2. The molecular weight excluding hydrogens is 506 g/mol. The van der Waals surface area contributed by atoms with Crippen LogP contribution >= 0.6 is 0 Å². The minimum Gasteiger partial charge on any atom is -0.353 e. The fourth-order valence-electron chi connectivity index (χ4n) is 4.13. The summed E-state index contributed by atoms with van der Waals surface area (Å²) in [5.74, 6) is -0.670. The van der Waals surface area contributed by atoms with Gasteiger partial charge in [0.25, 0.3) is 5.56 Å². The predicted octanol–water partition coefficient (Wildman–Crippen LogP) is 3.94. The number of amides is 2. The summed E-state index contributed by atoms with van der Waals surface area (Å²) in [5.41, 5.74) is -1.42. The van der Waals surface area contributed by atoms with Crippen molar-refractivity contribution >= 4 is 11.8 Å². The van der Waals surface area contributed by atoms with Gasteiger partial charge in [-0.05, 0) is 31.4 Å². The van der Waals surface area contributed by atoms with Gasteiger partial charge in [-0.15, -0.1) is 0 Å². The van der Waals surface area contributed by atoms with E-state index in [1.54, 1.807) is 0 Å². The number of nitrogens with one attached hydrogen (secondary N) is 1. The number of likely N-dealkylation sites (tertiary alicyclic amines) is 1. The summed E-state index contributed by atoms with van der Waals surface area (Å²) in [6.45, 7) is 1.62. The molecule has 37 heavy (non-hydrogen) atoms. The third kappa shape index (κ3) is 8.05. The van der Waals surface area contributed by atoms with E-state index in [1.807, 2.05) is 0 Å². The minimum absolute atomic E-state index is 0.000513. The Morgan fingerprint density at radius 2 is 1.68 bits per heavy atom. The molecule has 202 valence electrons. The monoisotopic (exact) mass is 532 g/mol. The molecule has 3 rings (SSSR count). The van der Waals surface area contributed by atoms with E-state index < -0.39 is 42.3 Å². The third-order valence-corrected chi connectivity index (χ3v) is 6.00. The van der Waals surface area contributed by atoms with Gasteiger partial charge in [0.1, 0.15) is 12.4 Å². The molecule has 1 aromatic heterocycles. The molecule has 0 saturated carbocycles. The van der Waals surface area contributed by atoms with Crippen LogP contribution in [0.5, 0.6) is 0 Å². The average molecular weight is 532 g/mol. The highest BCUT2D eigenvalue weighted by Crippen LogP contribution is 2.30. The number of aromatic nitrogens is 2. The Labute approximate surface area is 208 Å². The van der Waals surface area contributed by atoms with Gasteiger partial charge in [0.05, 0.1) is 11.3 Å². The molecule has 7 nitrogen and oxygen atoms in total. The van der Waals surface area contributed by atoms with Gasteiger partial charge in [-0.1, -0.05) is 12.1 Å². The summed E-state index contributed by atoms with van der Waals surface area (Å²) < 4.78 is 77.8. The highest BCUT2D eigenvalue weighted by atomic mass is 19.4. The van der Waals surface area contributed by atoms with Crippen LogP contribution in [0.1, 0.15) is 44.0 Å². The summed E-state index contributed by atoms with van der Waals surface area (Å²) in [6, 6.07) is 4.86. The van der Waals surface area contributed by atoms with Gasteiger partial charge < -0.3 is 10.2 Å². The summed E-state index contributed by atoms with van der Waals surface area (Å²) in [4.78, 5) is 42.8. The maximum absolute atomic E-state index is 12.9. The number of benzene rings is 1. The molecule has 1 N–H and O–H groups in total. The molecule has 1 aliphatic heterocycles. The highest BCUT2D eigenvalue weighted by molar-refractivity contribution is 5.76. The van der Waals surface area contributed by atoms with Gasteiger partial charge in [-0.25, -0.2) is 4.98 Å². The Morgan fingerprint density at radius 1 is 1.05 bits per heavy atom. The molecule has 1 fully saturated rings. The Hall–Kier alpha value is -3.38. The molecule has 13 heteroatoms. The standard InChI is InChI=1S/C24H26F6N4O3/c1-15(35)31-18-8-11-33(12-9-18)22(37)14-34-20(3-2-10-23(25,26)27)32-19(13-21(34)36)16-4-6-17(7-5-16)24(28,29)30/h4-7,13,18H,2-3,8-12,14H2,1H3,(H,31,35). The third-order valence-electron chi connectivity index (χ3n) is 6.00. The number of piperidine rings is 1. The lowest BCUT2D eigenvalue weighted by atomic mass is 10.0. The molecule has 2 amide bonds. The SMILES string of the molecule is CC(=O)NC1CCN(C(=O)Cn2c(CCCC(F)(F)F)nc(-c3ccc(C(F)(F)F)cc3)cc2=O)CC1. The lowest BCUT2D eigenvalue weighted by molar-refractivity contribution is -0.137. The van der Waals surface area contributed by atoms with Crippen LogP contribution in [0, 0.1) is 0 Å². The molecule has 0 atom stereocenters. The molecule has 1 aromatic carbocycles. The Kier molecular flexibility index (Phi) is 8.64. The summed E-state index contributed by atoms with van der Waals surface area (Å²) in [6.07, 6.45) is -9.73. The number of halogens is 6. The van der Waals surface area contributed by atoms with E-state index in [2.05, 4.69) is 10.3 Å². The first-order valence-electron chi connectivity index (χ1n) is 11.6. The van der Waals surface area contributed by atoms with Gasteiger partial charge in [0.15, 0.2) is 0 Å². The molecule has 0 unspecified atom stereocenters. The van der Waals surface area contributed by atoms with Crippen LogP contribution in [-0.2, 0) is 28.7 Å². The smallest absolute Gasteiger partial charge is 0.353 e. The van der Waals surface area contributed by atoms with Gasteiger partial charge >= 0.3 is 12.4 Å². The predicted molar refractivity (Wildman–Crippen MR) is 121 cm³/mol. The Bertz CT molecular complexity index is 1170. The first-order valence-corrected chi connectivity index (χ1v) is 11.6. The lowest BCUT2D eigenvalue weighted by Crippen LogP contribution is -2.47. The Balaban J connectivity index is 1.83. The Morgan fingerprint density at radius 3 is 2.22 bits per heavy atom. The zero-order valence-electron chi connectivity index (χ0n) is 20.0. The zero-order valence-corrected chi connectivity index (χ0v) is 20.0. The molecule has 1 saturated heterocycles. The number of carbonyl (C=O) groups excluding carboxylic acids is 2. The zero-order chi connectivity index (χ0) is 27.4. The van der Waals surface area contributed by atoms with Crippen LogP contribution in [-0.4, -0.2) is 51.6 Å². The number of hydrogen-bond acceptors (Lipinski definition) is 4. The molecule has 2 aromatic rings. The van der Waals surface area contributed by atoms with E-state index in [-0.39, 0.29) is 41.9 Å². The van der Waals surface area contributed by atoms with E-state index in [0.717, 1.165) is 34.9 Å². The second kappa shape index (κ2) is 11.3. The van der Waals surface area contributed by atoms with Crippen molar-refractivity contribution in [3.05, 3.63) is 52.1 Å². The highest BCUT2D eigenvalue weighted by Gasteiger charge is 2.30. The van der Waals surface area contributed by atoms with Crippen molar-refractivity contribution in [1.82, 2.24) is 19.8 Å². The summed E-state index contributed by atoms with van der Waals surface area (Å²) in [5, 5.41) is 2.78. The van der Waals surface area contributed by atoms with Crippen LogP contribution in [0.4, 0.5) is 26.3 Å². The number of hydrogen-bond donors (Lipinski definition) is 1. The number of alkyl halides is 6. The van der Waals surface area contributed by atoms with Crippen LogP contribution in [0.3, 0.4) is 0 Å². The van der Waals surface area contributed by atoms with E-state index in [9.17, 15) is 40.7 Å². The minimum atomic E-state index is -4.56. The first-order chi connectivity index (χ1) is 17.2. The van der Waals surface area contributed by atoms with Crippen molar-refractivity contribution in [3.63, 3.8) is 0 Å². The van der Waals surface area contributed by atoms with E-state index >= 15 is 0 Å². The number of aryl methyl sites for hydroxylation is 1. The van der Waals surface area contributed by atoms with Crippen molar-refractivity contribution in [1.29, 1.82) is 0 Å². The van der Waals surface area contributed by atoms with Gasteiger partial charge in [-0.3, -0.25) is 19.0 Å². The van der Waals surface area contributed by atoms with Crippen LogP contribution in [0.25, 0.3) is 11.3 Å². The topological polar surface area (TPSA) is 84.3 Å². The fourth-order valence-corrected chi connectivity index (χ4v) is 4.13. The van der Waals surface area contributed by atoms with Crippen molar-refractivity contribution in [2.75, 3.05) is 13.1 Å². The summed E-state index contributed by atoms with van der Waals surface area (Å²) in [7, 11) is 0. The van der Waals surface area contributed by atoms with Crippen molar-refractivity contribution in [3.8, 4) is 11.3 Å². The number of carbonyl (C=O) groups is 2. The van der Waals surface area contributed by atoms with Crippen LogP contribution < -0.4 is 10.9 Å². The van der Waals surface area contributed by atoms with Crippen LogP contribution in [0.15, 0.2) is 35.1 Å². The molecule has 1 aliphatic rings. The molecule has 0 radical (unpaired) electrons. The number of rotatable bonds is 7. The molecule has 2 heterocycles. The maximum Gasteiger partial charge on any atom is 0.416 e. The van der Waals surface area contributed by atoms with Gasteiger partial charge in [0, 0.05) is 50.5 Å². The van der Waals surface area contributed by atoms with Crippen molar-refractivity contribution in [2.24, 2.45) is 0 Å². The second-order valence-corrected chi connectivity index (χ2v) is 8.88. The molecule has 0 spiro atoms. The van der Waals surface area contributed by atoms with E-state index in [4.69, 9.17) is 0 Å². The quantitative estimate of drug-likeness (QED) is 0.548. The van der Waals surface area contributed by atoms with E-state index in [1.165, 1.54) is 11.8 Å². The second-order valence-electron chi connectivity index (χ2n) is 8.88. The molecule has 0 aliphatic carbocycles. The number of nitrogens with zero attached hydrogens (tertiary/aromatic N) is 3. The fraction of sp³-hybridized carbons (Fsp3) is 0.500. The maximum atomic E-state index is 12.9. The lowest BCUT2D eigenvalue weighted by Gasteiger charge is -2.32. The molecule has 0 bridgehead atoms. The average Bonchev–Trinajstić information content (AvgIpc) is 2.79.